The maximum atomic E-state index is 13.9. The lowest BCUT2D eigenvalue weighted by molar-refractivity contribution is 0.593. The number of aromatic amines is 1. The summed E-state index contributed by atoms with van der Waals surface area (Å²) in [5.74, 6) is -0.690. The van der Waals surface area contributed by atoms with Crippen molar-refractivity contribution in [3.05, 3.63) is 40.1 Å². The van der Waals surface area contributed by atoms with Crippen LogP contribution < -0.4 is 11.4 Å². The van der Waals surface area contributed by atoms with E-state index in [1.54, 1.807) is 6.07 Å². The van der Waals surface area contributed by atoms with Crippen LogP contribution >= 0.6 is 11.8 Å². The second-order valence-electron chi connectivity index (χ2n) is 4.12. The summed E-state index contributed by atoms with van der Waals surface area (Å²) in [7, 11) is 0. The molecule has 0 saturated heterocycles. The van der Waals surface area contributed by atoms with Crippen LogP contribution in [0.15, 0.2) is 33.0 Å². The molecule has 0 atom stereocenters. The Morgan fingerprint density at radius 1 is 1.60 bits per heavy atom. The molecule has 8 heteroatoms. The first kappa shape index (κ1) is 14.3. The highest BCUT2D eigenvalue weighted by atomic mass is 32.2. The van der Waals surface area contributed by atoms with E-state index in [2.05, 4.69) is 10.2 Å². The number of halogens is 1. The predicted octanol–water partition coefficient (Wildman–Crippen LogP) is 1.56. The highest BCUT2D eigenvalue weighted by Gasteiger charge is 2.13. The zero-order valence-electron chi connectivity index (χ0n) is 10.8. The lowest BCUT2D eigenvalue weighted by Crippen LogP contribution is -2.17. The first-order valence-electron chi connectivity index (χ1n) is 6.00. The van der Waals surface area contributed by atoms with E-state index in [1.807, 2.05) is 6.92 Å². The molecule has 0 aliphatic rings. The van der Waals surface area contributed by atoms with Gasteiger partial charge in [-0.25, -0.2) is 14.3 Å². The minimum atomic E-state index is -0.499. The summed E-state index contributed by atoms with van der Waals surface area (Å²) >= 11 is 1.06. The van der Waals surface area contributed by atoms with Crippen LogP contribution in [0.5, 0.6) is 0 Å². The highest BCUT2D eigenvalue weighted by Crippen LogP contribution is 2.28. The normalized spacial score (nSPS) is 10.7. The van der Waals surface area contributed by atoms with E-state index in [1.165, 1.54) is 16.7 Å². The van der Waals surface area contributed by atoms with Gasteiger partial charge in [0.25, 0.3) is 0 Å². The average molecular weight is 295 g/mol. The van der Waals surface area contributed by atoms with Gasteiger partial charge in [-0.1, -0.05) is 6.92 Å². The van der Waals surface area contributed by atoms with Gasteiger partial charge in [-0.3, -0.25) is 9.98 Å². The van der Waals surface area contributed by atoms with Crippen molar-refractivity contribution >= 4 is 17.6 Å². The molecular formula is C12H14FN5OS. The summed E-state index contributed by atoms with van der Waals surface area (Å²) in [5, 5.41) is 13.9. The fraction of sp³-hybridized carbons (Fsp3) is 0.250. The molecule has 1 heterocycles. The number of hydrogen-bond acceptors (Lipinski definition) is 4. The number of H-pyrrole nitrogens is 1. The van der Waals surface area contributed by atoms with Gasteiger partial charge < -0.3 is 5.73 Å². The summed E-state index contributed by atoms with van der Waals surface area (Å²) in [6, 6.07) is 4.27. The Morgan fingerprint density at radius 3 is 2.95 bits per heavy atom. The monoisotopic (exact) mass is 295 g/mol. The quantitative estimate of drug-likeness (QED) is 0.575. The number of rotatable bonds is 5. The number of nitrogen functional groups attached to an aromatic ring is 1. The standard InChI is InChI=1S/C12H14FN5OS/c1-2-5-18-11(19)16-17-12(18)20-9-4-3-7(10(14)15)6-8(9)13/h3-4,6H,2,5H2,1H3,(H3,14,15)(H,16,19). The molecule has 6 nitrogen and oxygen atoms in total. The molecule has 0 radical (unpaired) electrons. The van der Waals surface area contributed by atoms with Gasteiger partial charge in [-0.05, 0) is 36.4 Å². The number of amidine groups is 1. The van der Waals surface area contributed by atoms with Crippen LogP contribution in [-0.2, 0) is 6.54 Å². The van der Waals surface area contributed by atoms with Gasteiger partial charge >= 0.3 is 5.69 Å². The van der Waals surface area contributed by atoms with Crippen molar-refractivity contribution in [2.24, 2.45) is 5.73 Å². The van der Waals surface area contributed by atoms with Gasteiger partial charge in [-0.2, -0.15) is 0 Å². The van der Waals surface area contributed by atoms with E-state index in [0.717, 1.165) is 18.2 Å². The van der Waals surface area contributed by atoms with Crippen molar-refractivity contribution in [2.45, 2.75) is 29.9 Å². The van der Waals surface area contributed by atoms with Crippen LogP contribution in [0.4, 0.5) is 4.39 Å². The minimum absolute atomic E-state index is 0.192. The zero-order chi connectivity index (χ0) is 14.7. The fourth-order valence-corrected chi connectivity index (χ4v) is 2.52. The lowest BCUT2D eigenvalue weighted by Gasteiger charge is -2.06. The van der Waals surface area contributed by atoms with Gasteiger partial charge in [0.1, 0.15) is 11.7 Å². The van der Waals surface area contributed by atoms with Crippen molar-refractivity contribution in [1.82, 2.24) is 14.8 Å². The van der Waals surface area contributed by atoms with Crippen molar-refractivity contribution in [2.75, 3.05) is 0 Å². The lowest BCUT2D eigenvalue weighted by atomic mass is 10.2. The number of aromatic nitrogens is 3. The van der Waals surface area contributed by atoms with Crippen LogP contribution in [0.1, 0.15) is 18.9 Å². The number of hydrogen-bond donors (Lipinski definition) is 3. The number of benzene rings is 1. The molecule has 0 bridgehead atoms. The molecule has 0 aliphatic carbocycles. The third kappa shape index (κ3) is 2.90. The SMILES string of the molecule is CCCn1c(Sc2ccc(C(=N)N)cc2F)n[nH]c1=O. The minimum Gasteiger partial charge on any atom is -0.384 e. The smallest absolute Gasteiger partial charge is 0.343 e. The van der Waals surface area contributed by atoms with Crippen LogP contribution in [0.3, 0.4) is 0 Å². The third-order valence-corrected chi connectivity index (χ3v) is 3.66. The van der Waals surface area contributed by atoms with Gasteiger partial charge in [0.2, 0.25) is 0 Å². The molecular weight excluding hydrogens is 281 g/mol. The second kappa shape index (κ2) is 5.91. The molecule has 4 N–H and O–H groups in total. The van der Waals surface area contributed by atoms with Crippen LogP contribution in [0.2, 0.25) is 0 Å². The second-order valence-corrected chi connectivity index (χ2v) is 5.13. The largest absolute Gasteiger partial charge is 0.384 e. The van der Waals surface area contributed by atoms with Crippen LogP contribution in [0.25, 0.3) is 0 Å². The molecule has 1 aromatic carbocycles. The van der Waals surface area contributed by atoms with E-state index >= 15 is 0 Å². The maximum absolute atomic E-state index is 13.9. The Bertz CT molecular complexity index is 693. The van der Waals surface area contributed by atoms with E-state index in [9.17, 15) is 9.18 Å². The van der Waals surface area contributed by atoms with Crippen LogP contribution in [-0.4, -0.2) is 20.6 Å². The van der Waals surface area contributed by atoms with Gasteiger partial charge in [-0.15, -0.1) is 5.10 Å². The summed E-state index contributed by atoms with van der Waals surface area (Å²) < 4.78 is 15.4. The molecule has 1 aromatic heterocycles. The molecule has 2 aromatic rings. The Labute approximate surface area is 118 Å². The van der Waals surface area contributed by atoms with Crippen molar-refractivity contribution in [3.63, 3.8) is 0 Å². The number of nitrogens with one attached hydrogen (secondary N) is 2. The molecule has 0 fully saturated rings. The first-order chi connectivity index (χ1) is 9.52. The third-order valence-electron chi connectivity index (χ3n) is 2.61. The maximum Gasteiger partial charge on any atom is 0.343 e. The van der Waals surface area contributed by atoms with Crippen LogP contribution in [0, 0.1) is 11.2 Å². The van der Waals surface area contributed by atoms with Crippen molar-refractivity contribution in [3.8, 4) is 0 Å². The van der Waals surface area contributed by atoms with Gasteiger partial charge in [0, 0.05) is 12.1 Å². The number of nitrogens with zero attached hydrogens (tertiary/aromatic N) is 2. The Morgan fingerprint density at radius 2 is 2.35 bits per heavy atom. The Kier molecular flexibility index (Phi) is 4.23. The summed E-state index contributed by atoms with van der Waals surface area (Å²) in [6.45, 7) is 2.46. The van der Waals surface area contributed by atoms with Crippen molar-refractivity contribution < 1.29 is 4.39 Å². The molecule has 20 heavy (non-hydrogen) atoms. The topological polar surface area (TPSA) is 101 Å². The predicted molar refractivity (Wildman–Crippen MR) is 74.7 cm³/mol. The zero-order valence-corrected chi connectivity index (χ0v) is 11.6. The summed E-state index contributed by atoms with van der Waals surface area (Å²) in [6.07, 6.45) is 0.777. The molecule has 2 rings (SSSR count). The summed E-state index contributed by atoms with van der Waals surface area (Å²) in [4.78, 5) is 11.9. The average Bonchev–Trinajstić information content (AvgIpc) is 2.74. The van der Waals surface area contributed by atoms with E-state index in [0.29, 0.717) is 22.2 Å². The number of nitrogens with two attached hydrogens (primary N) is 1. The first-order valence-corrected chi connectivity index (χ1v) is 6.81. The molecule has 0 aliphatic heterocycles. The molecule has 0 amide bonds. The molecule has 0 saturated carbocycles. The fourth-order valence-electron chi connectivity index (χ4n) is 1.65. The van der Waals surface area contributed by atoms with E-state index in [-0.39, 0.29) is 11.5 Å². The van der Waals surface area contributed by atoms with Crippen molar-refractivity contribution in [1.29, 1.82) is 5.41 Å². The van der Waals surface area contributed by atoms with E-state index < -0.39 is 5.82 Å². The highest BCUT2D eigenvalue weighted by molar-refractivity contribution is 7.99. The molecule has 0 spiro atoms. The van der Waals surface area contributed by atoms with Gasteiger partial charge in [0.05, 0.1) is 4.90 Å². The molecule has 106 valence electrons. The van der Waals surface area contributed by atoms with E-state index in [4.69, 9.17) is 11.1 Å². The Balaban J connectivity index is 2.31. The Hall–Kier alpha value is -2.09. The van der Waals surface area contributed by atoms with Gasteiger partial charge in [0.15, 0.2) is 5.16 Å². The summed E-state index contributed by atoms with van der Waals surface area (Å²) in [5.41, 5.74) is 5.31. The molecule has 0 unspecified atom stereocenters.